The molecule has 0 aromatic heterocycles. The van der Waals surface area contributed by atoms with E-state index in [2.05, 4.69) is 13.5 Å². The van der Waals surface area contributed by atoms with Gasteiger partial charge in [-0.05, 0) is 81.6 Å². The maximum Gasteiger partial charge on any atom is 0.200 e. The minimum atomic E-state index is -0.946. The van der Waals surface area contributed by atoms with Gasteiger partial charge in [0.15, 0.2) is 17.4 Å². The Morgan fingerprint density at radius 1 is 0.960 bits per heavy atom. The smallest absolute Gasteiger partial charge is 0.200 e. The molecule has 0 radical (unpaired) electrons. The molecule has 0 aromatic rings. The molecule has 2 aliphatic carbocycles. The first-order valence-electron chi connectivity index (χ1n) is 10.0. The fraction of sp³-hybridized carbons (Fsp3) is 0.727. The molecule has 0 unspecified atom stereocenters. The summed E-state index contributed by atoms with van der Waals surface area (Å²) < 4.78 is 33.8. The Balaban J connectivity index is 1.96. The lowest BCUT2D eigenvalue weighted by atomic mass is 9.68. The molecule has 3 heteroatoms. The van der Waals surface area contributed by atoms with Crippen molar-refractivity contribution in [3.63, 3.8) is 0 Å². The summed E-state index contributed by atoms with van der Waals surface area (Å²) in [6.07, 6.45) is 11.3. The molecule has 2 saturated carbocycles. The lowest BCUT2D eigenvalue weighted by molar-refractivity contribution is 0.157. The Labute approximate surface area is 152 Å². The molecular formula is C22H34F2O. The number of ether oxygens (including phenoxy) is 1. The third-order valence-corrected chi connectivity index (χ3v) is 6.26. The molecular weight excluding hydrogens is 318 g/mol. The van der Waals surface area contributed by atoms with Gasteiger partial charge in [-0.2, -0.15) is 4.39 Å². The molecule has 0 heterocycles. The molecule has 0 aliphatic heterocycles. The number of hydrogen-bond donors (Lipinski definition) is 0. The van der Waals surface area contributed by atoms with E-state index in [4.69, 9.17) is 4.74 Å². The van der Waals surface area contributed by atoms with Gasteiger partial charge in [0.1, 0.15) is 0 Å². The summed E-state index contributed by atoms with van der Waals surface area (Å²) in [6.45, 7) is 9.65. The largest absolute Gasteiger partial charge is 0.491 e. The van der Waals surface area contributed by atoms with E-state index in [9.17, 15) is 8.78 Å². The second-order valence-electron chi connectivity index (χ2n) is 7.86. The van der Waals surface area contributed by atoms with E-state index < -0.39 is 11.7 Å². The van der Waals surface area contributed by atoms with Crippen molar-refractivity contribution in [2.45, 2.75) is 72.1 Å². The lowest BCUT2D eigenvalue weighted by Gasteiger charge is -2.37. The quantitative estimate of drug-likeness (QED) is 0.361. The van der Waals surface area contributed by atoms with Crippen LogP contribution in [0.2, 0.25) is 0 Å². The van der Waals surface area contributed by atoms with E-state index in [-0.39, 0.29) is 18.3 Å². The second kappa shape index (κ2) is 9.54. The molecule has 2 rings (SSSR count). The van der Waals surface area contributed by atoms with E-state index in [1.165, 1.54) is 25.7 Å². The van der Waals surface area contributed by atoms with E-state index >= 15 is 0 Å². The molecule has 0 aromatic carbocycles. The highest BCUT2D eigenvalue weighted by atomic mass is 19.2. The summed E-state index contributed by atoms with van der Waals surface area (Å²) in [5.41, 5.74) is 0.495. The maximum absolute atomic E-state index is 14.6. The van der Waals surface area contributed by atoms with E-state index in [1.54, 1.807) is 19.9 Å². The van der Waals surface area contributed by atoms with Crippen LogP contribution in [0.4, 0.5) is 8.78 Å². The fourth-order valence-corrected chi connectivity index (χ4v) is 4.69. The Bertz CT molecular complexity index is 504. The van der Waals surface area contributed by atoms with Gasteiger partial charge < -0.3 is 4.74 Å². The van der Waals surface area contributed by atoms with Gasteiger partial charge in [-0.3, -0.25) is 0 Å². The zero-order valence-corrected chi connectivity index (χ0v) is 16.1. The van der Waals surface area contributed by atoms with Crippen molar-refractivity contribution in [2.24, 2.45) is 23.7 Å². The minimum Gasteiger partial charge on any atom is -0.491 e. The maximum atomic E-state index is 14.6. The van der Waals surface area contributed by atoms with Gasteiger partial charge in [-0.1, -0.05) is 32.4 Å². The van der Waals surface area contributed by atoms with Gasteiger partial charge in [0, 0.05) is 0 Å². The molecule has 0 atom stereocenters. The highest BCUT2D eigenvalue weighted by molar-refractivity contribution is 5.35. The average Bonchev–Trinajstić information content (AvgIpc) is 2.63. The van der Waals surface area contributed by atoms with Crippen molar-refractivity contribution in [3.05, 3.63) is 35.6 Å². The predicted molar refractivity (Wildman–Crippen MR) is 100 cm³/mol. The van der Waals surface area contributed by atoms with Crippen LogP contribution in [0.3, 0.4) is 0 Å². The van der Waals surface area contributed by atoms with Gasteiger partial charge in [0.25, 0.3) is 0 Å². The monoisotopic (exact) mass is 352 g/mol. The van der Waals surface area contributed by atoms with Crippen molar-refractivity contribution >= 4 is 0 Å². The third-order valence-electron chi connectivity index (χ3n) is 6.26. The van der Waals surface area contributed by atoms with E-state index in [1.807, 2.05) is 0 Å². The highest BCUT2D eigenvalue weighted by Gasteiger charge is 2.32. The summed E-state index contributed by atoms with van der Waals surface area (Å²) in [7, 11) is 0. The van der Waals surface area contributed by atoms with Gasteiger partial charge in [0.05, 0.1) is 6.61 Å². The third kappa shape index (κ3) is 5.18. The molecule has 0 amide bonds. The molecule has 0 saturated heterocycles. The van der Waals surface area contributed by atoms with Crippen molar-refractivity contribution in [2.75, 3.05) is 6.61 Å². The van der Waals surface area contributed by atoms with E-state index in [0.717, 1.165) is 43.4 Å². The Kier molecular flexibility index (Phi) is 7.71. The topological polar surface area (TPSA) is 9.23 Å². The van der Waals surface area contributed by atoms with Crippen molar-refractivity contribution < 1.29 is 13.5 Å². The molecule has 0 spiro atoms. The predicted octanol–water partition coefficient (Wildman–Crippen LogP) is 7.27. The SMILES string of the molecule is C=C(OCC)/C(F)=C(F)\C(=C/C)C1CCC(C2CCC(C)CC2)CC1. The Morgan fingerprint density at radius 2 is 1.48 bits per heavy atom. The average molecular weight is 353 g/mol. The van der Waals surface area contributed by atoms with Crippen LogP contribution in [-0.2, 0) is 4.74 Å². The van der Waals surface area contributed by atoms with Gasteiger partial charge in [-0.25, -0.2) is 4.39 Å². The summed E-state index contributed by atoms with van der Waals surface area (Å²) in [4.78, 5) is 0. The van der Waals surface area contributed by atoms with Crippen molar-refractivity contribution in [1.29, 1.82) is 0 Å². The first-order chi connectivity index (χ1) is 12.0. The fourth-order valence-electron chi connectivity index (χ4n) is 4.69. The summed E-state index contributed by atoms with van der Waals surface area (Å²) in [5, 5.41) is 0. The van der Waals surface area contributed by atoms with Crippen LogP contribution in [0.25, 0.3) is 0 Å². The second-order valence-corrected chi connectivity index (χ2v) is 7.86. The molecule has 2 fully saturated rings. The molecule has 1 nitrogen and oxygen atoms in total. The van der Waals surface area contributed by atoms with Gasteiger partial charge in [0.2, 0.25) is 0 Å². The Hall–Kier alpha value is -1.12. The number of hydrogen-bond acceptors (Lipinski definition) is 1. The number of halogens is 2. The molecule has 0 N–H and O–H groups in total. The molecule has 2 aliphatic rings. The standard InChI is InChI=1S/C22H34F2O/c1-5-20(22(24)21(23)16(4)25-6-2)19-13-11-18(12-14-19)17-9-7-15(3)8-10-17/h5,15,17-19H,4,6-14H2,1-3H3/b20-5-,22-21-. The van der Waals surface area contributed by atoms with Crippen LogP contribution in [0, 0.1) is 23.7 Å². The minimum absolute atomic E-state index is 0.115. The van der Waals surface area contributed by atoms with E-state index in [0.29, 0.717) is 5.57 Å². The van der Waals surface area contributed by atoms with Crippen molar-refractivity contribution in [3.8, 4) is 0 Å². The normalized spacial score (nSPS) is 32.1. The van der Waals surface area contributed by atoms with Gasteiger partial charge >= 0.3 is 0 Å². The van der Waals surface area contributed by atoms with Crippen LogP contribution in [0.15, 0.2) is 35.6 Å². The van der Waals surface area contributed by atoms with Crippen LogP contribution >= 0.6 is 0 Å². The zero-order valence-electron chi connectivity index (χ0n) is 16.1. The zero-order chi connectivity index (χ0) is 18.4. The first-order valence-corrected chi connectivity index (χ1v) is 10.0. The van der Waals surface area contributed by atoms with Crippen LogP contribution in [0.5, 0.6) is 0 Å². The molecule has 25 heavy (non-hydrogen) atoms. The molecule has 142 valence electrons. The summed E-state index contributed by atoms with van der Waals surface area (Å²) in [5.74, 6) is 0.684. The lowest BCUT2D eigenvalue weighted by Crippen LogP contribution is -2.26. The first kappa shape index (κ1) is 20.2. The highest BCUT2D eigenvalue weighted by Crippen LogP contribution is 2.44. The number of allylic oxidation sites excluding steroid dienone is 4. The van der Waals surface area contributed by atoms with Crippen molar-refractivity contribution in [1.82, 2.24) is 0 Å². The van der Waals surface area contributed by atoms with Crippen LogP contribution < -0.4 is 0 Å². The summed E-state index contributed by atoms with van der Waals surface area (Å²) in [6, 6.07) is 0. The summed E-state index contributed by atoms with van der Waals surface area (Å²) >= 11 is 0. The molecule has 0 bridgehead atoms. The Morgan fingerprint density at radius 3 is 1.96 bits per heavy atom. The van der Waals surface area contributed by atoms with Gasteiger partial charge in [-0.15, -0.1) is 0 Å². The van der Waals surface area contributed by atoms with Crippen LogP contribution in [-0.4, -0.2) is 6.61 Å². The number of rotatable bonds is 6. The van der Waals surface area contributed by atoms with Crippen LogP contribution in [0.1, 0.15) is 72.1 Å².